The van der Waals surface area contributed by atoms with E-state index in [1.54, 1.807) is 24.3 Å². The summed E-state index contributed by atoms with van der Waals surface area (Å²) in [5.74, 6) is 1.16. The average molecular weight is 497 g/mol. The minimum atomic E-state index is -3.24. The Morgan fingerprint density at radius 2 is 1.89 bits per heavy atom. The van der Waals surface area contributed by atoms with Crippen LogP contribution in [0.15, 0.2) is 57.9 Å². The van der Waals surface area contributed by atoms with Crippen molar-refractivity contribution in [2.45, 2.75) is 50.6 Å². The van der Waals surface area contributed by atoms with Gasteiger partial charge >= 0.3 is 0 Å². The molecule has 8 nitrogen and oxygen atoms in total. The van der Waals surface area contributed by atoms with Gasteiger partial charge in [0.2, 0.25) is 17.6 Å². The summed E-state index contributed by atoms with van der Waals surface area (Å²) in [6, 6.07) is 14.6. The molecule has 35 heavy (non-hydrogen) atoms. The Morgan fingerprint density at radius 1 is 1.17 bits per heavy atom. The lowest BCUT2D eigenvalue weighted by molar-refractivity contribution is -0.127. The molecule has 1 amide bonds. The number of sulfone groups is 1. The van der Waals surface area contributed by atoms with Crippen LogP contribution in [-0.2, 0) is 21.2 Å². The fourth-order valence-electron chi connectivity index (χ4n) is 4.42. The second kappa shape index (κ2) is 10.7. The number of amides is 1. The highest BCUT2D eigenvalue weighted by Crippen LogP contribution is 2.24. The molecule has 2 heterocycles. The molecule has 2 aromatic carbocycles. The number of piperidine rings is 1. The first-order valence-electron chi connectivity index (χ1n) is 12.0. The van der Waals surface area contributed by atoms with Crippen LogP contribution in [0.4, 0.5) is 0 Å². The zero-order chi connectivity index (χ0) is 25.0. The van der Waals surface area contributed by atoms with Gasteiger partial charge in [0.15, 0.2) is 9.84 Å². The number of nitrogens with one attached hydrogen (secondary N) is 1. The van der Waals surface area contributed by atoms with Gasteiger partial charge in [-0.2, -0.15) is 4.98 Å². The number of hydrogen-bond acceptors (Lipinski definition) is 7. The number of benzene rings is 2. The molecule has 1 aliphatic rings. The van der Waals surface area contributed by atoms with Gasteiger partial charge in [-0.1, -0.05) is 48.0 Å². The van der Waals surface area contributed by atoms with Crippen molar-refractivity contribution in [1.82, 2.24) is 20.4 Å². The van der Waals surface area contributed by atoms with Crippen LogP contribution in [0.5, 0.6) is 0 Å². The molecule has 1 fully saturated rings. The Bertz CT molecular complexity index is 1260. The molecule has 1 N–H and O–H groups in total. The largest absolute Gasteiger partial charge is 0.349 e. The molecular formula is C26H32N4O4S. The van der Waals surface area contributed by atoms with Gasteiger partial charge in [-0.3, -0.25) is 9.69 Å². The predicted molar refractivity (Wildman–Crippen MR) is 133 cm³/mol. The summed E-state index contributed by atoms with van der Waals surface area (Å²) in [6.07, 6.45) is 3.43. The third kappa shape index (κ3) is 6.35. The van der Waals surface area contributed by atoms with Crippen molar-refractivity contribution in [2.75, 3.05) is 19.3 Å². The summed E-state index contributed by atoms with van der Waals surface area (Å²) in [5, 5.41) is 7.27. The number of likely N-dealkylation sites (tertiary alicyclic amines) is 1. The van der Waals surface area contributed by atoms with Crippen molar-refractivity contribution in [1.29, 1.82) is 0 Å². The summed E-state index contributed by atoms with van der Waals surface area (Å²) in [7, 11) is -3.24. The van der Waals surface area contributed by atoms with Crippen LogP contribution in [0.25, 0.3) is 11.4 Å². The molecule has 4 rings (SSSR count). The van der Waals surface area contributed by atoms with E-state index >= 15 is 0 Å². The number of carbonyl (C=O) groups is 1. The summed E-state index contributed by atoms with van der Waals surface area (Å²) in [6.45, 7) is 6.16. The Hall–Kier alpha value is -3.04. The van der Waals surface area contributed by atoms with Gasteiger partial charge in [-0.05, 0) is 63.0 Å². The highest BCUT2D eigenvalue weighted by Gasteiger charge is 2.27. The molecule has 3 aromatic rings. The molecule has 1 unspecified atom stereocenters. The highest BCUT2D eigenvalue weighted by atomic mass is 32.2. The lowest BCUT2D eigenvalue weighted by Crippen LogP contribution is -2.41. The number of rotatable bonds is 8. The maximum absolute atomic E-state index is 13.0. The van der Waals surface area contributed by atoms with Gasteiger partial charge in [0, 0.05) is 17.7 Å². The van der Waals surface area contributed by atoms with Crippen molar-refractivity contribution < 1.29 is 17.7 Å². The first-order chi connectivity index (χ1) is 16.7. The maximum Gasteiger partial charge on any atom is 0.241 e. The van der Waals surface area contributed by atoms with Crippen molar-refractivity contribution >= 4 is 15.7 Å². The van der Waals surface area contributed by atoms with Gasteiger partial charge < -0.3 is 9.84 Å². The molecule has 1 atom stereocenters. The normalized spacial score (nSPS) is 16.2. The zero-order valence-corrected chi connectivity index (χ0v) is 21.2. The number of nitrogens with zero attached hydrogens (tertiary/aromatic N) is 3. The third-order valence-electron chi connectivity index (χ3n) is 6.50. The molecule has 186 valence electrons. The molecule has 1 aliphatic heterocycles. The van der Waals surface area contributed by atoms with E-state index in [0.29, 0.717) is 18.3 Å². The van der Waals surface area contributed by atoms with Crippen LogP contribution >= 0.6 is 0 Å². The monoisotopic (exact) mass is 496 g/mol. The standard InChI is InChI=1S/C26H32N4O4S/c1-4-23(19-8-10-22(11-9-19)35(3,32)33)27-26(31)20-12-14-30(15-13-20)17-24-28-25(29-34-24)21-7-5-6-18(2)16-21/h5-11,16,20,23H,4,12-15,17H2,1-3H3,(H,27,31). The lowest BCUT2D eigenvalue weighted by atomic mass is 9.94. The Kier molecular flexibility index (Phi) is 7.66. The Labute approximate surface area is 206 Å². The lowest BCUT2D eigenvalue weighted by Gasteiger charge is -2.31. The topological polar surface area (TPSA) is 105 Å². The van der Waals surface area contributed by atoms with E-state index in [9.17, 15) is 13.2 Å². The molecule has 0 aliphatic carbocycles. The summed E-state index contributed by atoms with van der Waals surface area (Å²) < 4.78 is 28.9. The molecule has 1 aromatic heterocycles. The van der Waals surface area contributed by atoms with Crippen LogP contribution in [0.3, 0.4) is 0 Å². The summed E-state index contributed by atoms with van der Waals surface area (Å²) in [5.41, 5.74) is 2.99. The summed E-state index contributed by atoms with van der Waals surface area (Å²) >= 11 is 0. The molecule has 0 radical (unpaired) electrons. The molecule has 0 bridgehead atoms. The Balaban J connectivity index is 1.29. The predicted octanol–water partition coefficient (Wildman–Crippen LogP) is 3.93. The third-order valence-corrected chi connectivity index (χ3v) is 7.63. The van der Waals surface area contributed by atoms with Crippen molar-refractivity contribution in [3.05, 3.63) is 65.5 Å². The zero-order valence-electron chi connectivity index (χ0n) is 20.4. The first kappa shape index (κ1) is 25.1. The maximum atomic E-state index is 13.0. The van der Waals surface area contributed by atoms with Gasteiger partial charge in [0.05, 0.1) is 17.5 Å². The second-order valence-electron chi connectivity index (χ2n) is 9.24. The van der Waals surface area contributed by atoms with Crippen LogP contribution < -0.4 is 5.32 Å². The van der Waals surface area contributed by atoms with E-state index < -0.39 is 9.84 Å². The van der Waals surface area contributed by atoms with E-state index in [2.05, 4.69) is 20.4 Å². The molecule has 0 spiro atoms. The van der Waals surface area contributed by atoms with Crippen molar-refractivity contribution in [3.8, 4) is 11.4 Å². The van der Waals surface area contributed by atoms with Crippen LogP contribution in [0.2, 0.25) is 0 Å². The molecular weight excluding hydrogens is 464 g/mol. The minimum absolute atomic E-state index is 0.0446. The van der Waals surface area contributed by atoms with Crippen molar-refractivity contribution in [3.63, 3.8) is 0 Å². The van der Waals surface area contributed by atoms with Gasteiger partial charge in [0.1, 0.15) is 0 Å². The molecule has 1 saturated heterocycles. The van der Waals surface area contributed by atoms with E-state index in [-0.39, 0.29) is 22.8 Å². The van der Waals surface area contributed by atoms with E-state index in [1.807, 2.05) is 38.1 Å². The van der Waals surface area contributed by atoms with Crippen LogP contribution in [0, 0.1) is 12.8 Å². The van der Waals surface area contributed by atoms with Crippen LogP contribution in [0.1, 0.15) is 49.2 Å². The number of aryl methyl sites for hydroxylation is 1. The fraction of sp³-hybridized carbons (Fsp3) is 0.423. The van der Waals surface area contributed by atoms with Gasteiger partial charge in [0.25, 0.3) is 0 Å². The smallest absolute Gasteiger partial charge is 0.241 e. The second-order valence-corrected chi connectivity index (χ2v) is 11.3. The quantitative estimate of drug-likeness (QED) is 0.504. The number of carbonyl (C=O) groups excluding carboxylic acids is 1. The van der Waals surface area contributed by atoms with E-state index in [0.717, 1.165) is 49.0 Å². The van der Waals surface area contributed by atoms with Crippen molar-refractivity contribution in [2.24, 2.45) is 5.92 Å². The SMILES string of the molecule is CCC(NC(=O)C1CCN(Cc2nc(-c3cccc(C)c3)no2)CC1)c1ccc(S(C)(=O)=O)cc1. The van der Waals surface area contributed by atoms with Gasteiger partial charge in [-0.15, -0.1) is 0 Å². The Morgan fingerprint density at radius 3 is 2.51 bits per heavy atom. The average Bonchev–Trinajstić information content (AvgIpc) is 3.31. The van der Waals surface area contributed by atoms with E-state index in [4.69, 9.17) is 4.52 Å². The fourth-order valence-corrected chi connectivity index (χ4v) is 5.05. The highest BCUT2D eigenvalue weighted by molar-refractivity contribution is 7.90. The molecule has 9 heteroatoms. The summed E-state index contributed by atoms with van der Waals surface area (Å²) in [4.78, 5) is 20.0. The number of hydrogen-bond donors (Lipinski definition) is 1. The minimum Gasteiger partial charge on any atom is -0.349 e. The first-order valence-corrected chi connectivity index (χ1v) is 13.8. The van der Waals surface area contributed by atoms with Crippen LogP contribution in [-0.4, -0.2) is 48.7 Å². The van der Waals surface area contributed by atoms with Gasteiger partial charge in [-0.25, -0.2) is 8.42 Å². The molecule has 0 saturated carbocycles. The number of aromatic nitrogens is 2. The van der Waals surface area contributed by atoms with E-state index in [1.165, 1.54) is 6.26 Å².